The van der Waals surface area contributed by atoms with Crippen molar-refractivity contribution in [3.63, 3.8) is 0 Å². The second kappa shape index (κ2) is 10.1. The quantitative estimate of drug-likeness (QED) is 0.460. The third-order valence-electron chi connectivity index (χ3n) is 6.89. The molecule has 2 aliphatic heterocycles. The summed E-state index contributed by atoms with van der Waals surface area (Å²) in [4.78, 5) is 27.0. The number of hydrogen-bond acceptors (Lipinski definition) is 8. The number of hydrogen-bond donors (Lipinski definition) is 1. The lowest BCUT2D eigenvalue weighted by molar-refractivity contribution is -0.140. The van der Waals surface area contributed by atoms with E-state index in [1.54, 1.807) is 14.2 Å². The average molecular weight is 492 g/mol. The monoisotopic (exact) mass is 491 g/mol. The number of allylic oxidation sites excluding steroid dienone is 3. The molecule has 2 aromatic rings. The van der Waals surface area contributed by atoms with E-state index in [2.05, 4.69) is 5.32 Å². The predicted octanol–water partition coefficient (Wildman–Crippen LogP) is 3.98. The van der Waals surface area contributed by atoms with Crippen LogP contribution in [0.25, 0.3) is 0 Å². The van der Waals surface area contributed by atoms with Crippen molar-refractivity contribution in [3.05, 3.63) is 76.1 Å². The molecule has 0 radical (unpaired) electrons. The van der Waals surface area contributed by atoms with E-state index in [0.717, 1.165) is 22.6 Å². The van der Waals surface area contributed by atoms with E-state index < -0.39 is 11.9 Å². The van der Waals surface area contributed by atoms with E-state index in [0.29, 0.717) is 41.2 Å². The van der Waals surface area contributed by atoms with Gasteiger partial charge in [0.05, 0.1) is 19.3 Å². The molecule has 0 saturated heterocycles. The maximum Gasteiger partial charge on any atom is 0.336 e. The van der Waals surface area contributed by atoms with Crippen LogP contribution < -0.4 is 19.5 Å². The number of ether oxygens (including phenoxy) is 5. The number of rotatable bonds is 7. The van der Waals surface area contributed by atoms with Crippen LogP contribution in [-0.4, -0.2) is 46.0 Å². The van der Waals surface area contributed by atoms with Gasteiger partial charge < -0.3 is 29.0 Å². The van der Waals surface area contributed by atoms with Crippen molar-refractivity contribution in [2.75, 3.05) is 34.2 Å². The normalized spacial score (nSPS) is 20.7. The van der Waals surface area contributed by atoms with Crippen LogP contribution in [-0.2, 0) is 19.1 Å². The summed E-state index contributed by atoms with van der Waals surface area (Å²) in [5.41, 5.74) is 4.37. The van der Waals surface area contributed by atoms with Crippen molar-refractivity contribution in [2.45, 2.75) is 31.6 Å². The average Bonchev–Trinajstić information content (AvgIpc) is 3.36. The number of carbonyl (C=O) groups is 2. The number of benzene rings is 2. The van der Waals surface area contributed by atoms with Gasteiger partial charge >= 0.3 is 5.97 Å². The van der Waals surface area contributed by atoms with E-state index >= 15 is 0 Å². The summed E-state index contributed by atoms with van der Waals surface area (Å²) >= 11 is 0. The first-order chi connectivity index (χ1) is 17.5. The molecule has 2 heterocycles. The Hall–Kier alpha value is -3.78. The Morgan fingerprint density at radius 3 is 2.50 bits per heavy atom. The van der Waals surface area contributed by atoms with Crippen LogP contribution in [0.5, 0.6) is 17.2 Å². The molecule has 0 fully saturated rings. The lowest BCUT2D eigenvalue weighted by Gasteiger charge is -2.36. The minimum atomic E-state index is -0.574. The van der Waals surface area contributed by atoms with Gasteiger partial charge in [0.25, 0.3) is 0 Å². The molecule has 36 heavy (non-hydrogen) atoms. The second-order valence-corrected chi connectivity index (χ2v) is 9.03. The fraction of sp³-hybridized carbons (Fsp3) is 0.357. The lowest BCUT2D eigenvalue weighted by atomic mass is 9.71. The van der Waals surface area contributed by atoms with E-state index in [1.807, 2.05) is 49.4 Å². The summed E-state index contributed by atoms with van der Waals surface area (Å²) in [6, 6.07) is 13.4. The van der Waals surface area contributed by atoms with Crippen LogP contribution in [0.3, 0.4) is 0 Å². The molecule has 8 nitrogen and oxygen atoms in total. The zero-order chi connectivity index (χ0) is 25.2. The maximum atomic E-state index is 13.7. The Bertz CT molecular complexity index is 1250. The Kier molecular flexibility index (Phi) is 6.69. The van der Waals surface area contributed by atoms with Crippen molar-refractivity contribution in [2.24, 2.45) is 0 Å². The number of ketones is 1. The van der Waals surface area contributed by atoms with Gasteiger partial charge in [-0.1, -0.05) is 18.2 Å². The van der Waals surface area contributed by atoms with Crippen LogP contribution in [0.15, 0.2) is 65.0 Å². The Morgan fingerprint density at radius 2 is 1.75 bits per heavy atom. The Balaban J connectivity index is 1.53. The van der Waals surface area contributed by atoms with Crippen molar-refractivity contribution < 1.29 is 33.3 Å². The van der Waals surface area contributed by atoms with Gasteiger partial charge in [-0.15, -0.1) is 0 Å². The number of dihydropyridines is 1. The first kappa shape index (κ1) is 23.9. The van der Waals surface area contributed by atoms with E-state index in [9.17, 15) is 9.59 Å². The van der Waals surface area contributed by atoms with Gasteiger partial charge in [0, 0.05) is 36.4 Å². The van der Waals surface area contributed by atoms with Gasteiger partial charge in [-0.3, -0.25) is 4.79 Å². The third kappa shape index (κ3) is 4.44. The van der Waals surface area contributed by atoms with Gasteiger partial charge in [0.1, 0.15) is 12.4 Å². The van der Waals surface area contributed by atoms with Crippen molar-refractivity contribution in [1.29, 1.82) is 0 Å². The zero-order valence-corrected chi connectivity index (χ0v) is 20.6. The van der Waals surface area contributed by atoms with Crippen molar-refractivity contribution in [3.8, 4) is 17.2 Å². The van der Waals surface area contributed by atoms with Crippen molar-refractivity contribution in [1.82, 2.24) is 5.32 Å². The molecule has 0 saturated carbocycles. The number of nitrogens with one attached hydrogen (secondary N) is 1. The molecule has 0 aromatic heterocycles. The van der Waals surface area contributed by atoms with Gasteiger partial charge in [-0.05, 0) is 54.7 Å². The van der Waals surface area contributed by atoms with Crippen molar-refractivity contribution >= 4 is 11.8 Å². The van der Waals surface area contributed by atoms with Crippen LogP contribution in [0.4, 0.5) is 0 Å². The zero-order valence-electron chi connectivity index (χ0n) is 20.6. The molecule has 1 N–H and O–H groups in total. The van der Waals surface area contributed by atoms with Gasteiger partial charge in [-0.25, -0.2) is 4.79 Å². The van der Waals surface area contributed by atoms with Crippen LogP contribution in [0.1, 0.15) is 42.7 Å². The van der Waals surface area contributed by atoms with Gasteiger partial charge in [0.15, 0.2) is 17.3 Å². The topological polar surface area (TPSA) is 92.3 Å². The fourth-order valence-electron chi connectivity index (χ4n) is 5.14. The highest BCUT2D eigenvalue weighted by Crippen LogP contribution is 2.47. The molecule has 0 spiro atoms. The molecule has 5 rings (SSSR count). The SMILES string of the molecule is COCCOC(=O)C1=C(C)NC2=C(C(=O)C[C@@H](c3ccc(OC)cc3)C2)[C@@H]1c1ccc2c(c1)OCO2. The maximum absolute atomic E-state index is 13.7. The summed E-state index contributed by atoms with van der Waals surface area (Å²) in [5.74, 6) is 0.983. The molecule has 0 unspecified atom stereocenters. The minimum absolute atomic E-state index is 0.00178. The molecule has 2 atom stereocenters. The highest BCUT2D eigenvalue weighted by Gasteiger charge is 2.41. The summed E-state index contributed by atoms with van der Waals surface area (Å²) in [6.45, 7) is 2.40. The molecule has 0 amide bonds. The second-order valence-electron chi connectivity index (χ2n) is 9.03. The molecule has 1 aliphatic carbocycles. The lowest BCUT2D eigenvalue weighted by Crippen LogP contribution is -2.36. The summed E-state index contributed by atoms with van der Waals surface area (Å²) in [7, 11) is 3.18. The Morgan fingerprint density at radius 1 is 1.00 bits per heavy atom. The standard InChI is InChI=1S/C28H29NO7/c1-16-25(28(31)34-11-10-32-2)26(18-6-9-23-24(14-18)36-15-35-23)27-21(29-16)12-19(13-22(27)30)17-4-7-20(33-3)8-5-17/h4-9,14,19,26,29H,10-13,15H2,1-3H3/t19-,26+/m0/s1. The predicted molar refractivity (Wildman–Crippen MR) is 131 cm³/mol. The smallest absolute Gasteiger partial charge is 0.336 e. The van der Waals surface area contributed by atoms with E-state index in [-0.39, 0.29) is 31.7 Å². The molecule has 0 bridgehead atoms. The highest BCUT2D eigenvalue weighted by molar-refractivity contribution is 6.04. The largest absolute Gasteiger partial charge is 0.497 e. The first-order valence-corrected chi connectivity index (χ1v) is 11.9. The summed E-state index contributed by atoms with van der Waals surface area (Å²) in [6.07, 6.45) is 0.997. The molecule has 3 aliphatic rings. The van der Waals surface area contributed by atoms with Crippen LogP contribution in [0.2, 0.25) is 0 Å². The molecular formula is C28H29NO7. The summed E-state index contributed by atoms with van der Waals surface area (Å²) in [5, 5.41) is 3.37. The molecule has 8 heteroatoms. The number of fused-ring (bicyclic) bond motifs is 1. The number of methoxy groups -OCH3 is 2. The number of Topliss-reactive ketones (excluding diaryl/α,β-unsaturated/α-hetero) is 1. The number of carbonyl (C=O) groups excluding carboxylic acids is 2. The molecular weight excluding hydrogens is 462 g/mol. The minimum Gasteiger partial charge on any atom is -0.497 e. The first-order valence-electron chi connectivity index (χ1n) is 11.9. The third-order valence-corrected chi connectivity index (χ3v) is 6.89. The molecule has 188 valence electrons. The van der Waals surface area contributed by atoms with E-state index in [1.165, 1.54) is 0 Å². The van der Waals surface area contributed by atoms with Crippen LogP contribution >= 0.6 is 0 Å². The fourth-order valence-corrected chi connectivity index (χ4v) is 5.14. The highest BCUT2D eigenvalue weighted by atomic mass is 16.7. The van der Waals surface area contributed by atoms with Gasteiger partial charge in [-0.2, -0.15) is 0 Å². The van der Waals surface area contributed by atoms with Crippen LogP contribution in [0, 0.1) is 0 Å². The molecule has 2 aromatic carbocycles. The number of esters is 1. The Labute approximate surface area is 209 Å². The van der Waals surface area contributed by atoms with Gasteiger partial charge in [0.2, 0.25) is 6.79 Å². The summed E-state index contributed by atoms with van der Waals surface area (Å²) < 4.78 is 26.9. The van der Waals surface area contributed by atoms with E-state index in [4.69, 9.17) is 23.7 Å².